The zero-order chi connectivity index (χ0) is 28.1. The van der Waals surface area contributed by atoms with Crippen LogP contribution in [0.3, 0.4) is 0 Å². The molecule has 2 heterocycles. The second-order valence-corrected chi connectivity index (χ2v) is 12.5. The lowest BCUT2D eigenvalue weighted by molar-refractivity contribution is -0.401. The molecule has 210 valence electrons. The lowest BCUT2D eigenvalue weighted by Crippen LogP contribution is -3.00. The summed E-state index contributed by atoms with van der Waals surface area (Å²) in [7, 11) is 4.41. The minimum Gasteiger partial charge on any atom is -1.00 e. The van der Waals surface area contributed by atoms with Gasteiger partial charge in [0.15, 0.2) is 5.71 Å². The lowest BCUT2D eigenvalue weighted by atomic mass is 9.79. The Morgan fingerprint density at radius 2 is 1.39 bits per heavy atom. The van der Waals surface area contributed by atoms with E-state index in [1.165, 1.54) is 62.6 Å². The van der Waals surface area contributed by atoms with Crippen LogP contribution in [0.1, 0.15) is 63.6 Å². The fourth-order valence-electron chi connectivity index (χ4n) is 7.20. The number of halogens is 1. The van der Waals surface area contributed by atoms with Crippen molar-refractivity contribution in [2.24, 2.45) is 0 Å². The standard InChI is InChI=1S/C38H41N2.HI/c1-37(2)30-19-10-12-21-32(30)39(5)34(37)25-23-28-17-14-18-29(36(28)27-15-8-7-9-16-27)24-26-35-38(3,4)31-20-11-13-22-33(31)40(35)6;/h7-13,15-16,19-26H,14,17-18H2,1-6H3;1H/q+1;/p-1. The Morgan fingerprint density at radius 3 is 2.10 bits per heavy atom. The molecule has 0 aromatic heterocycles. The smallest absolute Gasteiger partial charge is 0.209 e. The van der Waals surface area contributed by atoms with Crippen LogP contribution in [-0.2, 0) is 10.8 Å². The molecule has 6 rings (SSSR count). The maximum Gasteiger partial charge on any atom is 0.209 e. The Labute approximate surface area is 263 Å². The van der Waals surface area contributed by atoms with Crippen molar-refractivity contribution in [3.05, 3.63) is 137 Å². The van der Waals surface area contributed by atoms with Gasteiger partial charge in [0.2, 0.25) is 5.69 Å². The number of allylic oxidation sites excluding steroid dienone is 8. The van der Waals surface area contributed by atoms with Crippen molar-refractivity contribution in [1.82, 2.24) is 0 Å². The van der Waals surface area contributed by atoms with Crippen molar-refractivity contribution in [2.75, 3.05) is 19.0 Å². The van der Waals surface area contributed by atoms with Gasteiger partial charge in [0.1, 0.15) is 7.05 Å². The van der Waals surface area contributed by atoms with E-state index in [9.17, 15) is 0 Å². The molecule has 0 saturated carbocycles. The van der Waals surface area contributed by atoms with Crippen LogP contribution in [0.25, 0.3) is 5.57 Å². The summed E-state index contributed by atoms with van der Waals surface area (Å²) < 4.78 is 2.37. The molecule has 1 aliphatic carbocycles. The molecule has 0 N–H and O–H groups in total. The molecule has 2 aliphatic heterocycles. The Morgan fingerprint density at radius 1 is 0.732 bits per heavy atom. The van der Waals surface area contributed by atoms with Crippen molar-refractivity contribution in [2.45, 2.75) is 57.8 Å². The zero-order valence-corrected chi connectivity index (χ0v) is 27.4. The van der Waals surface area contributed by atoms with Crippen LogP contribution in [0.4, 0.5) is 11.4 Å². The first kappa shape index (κ1) is 29.3. The van der Waals surface area contributed by atoms with Gasteiger partial charge in [-0.15, -0.1) is 0 Å². The number of benzene rings is 3. The molecule has 0 saturated heterocycles. The number of nitrogens with zero attached hydrogens (tertiary/aromatic N) is 2. The zero-order valence-electron chi connectivity index (χ0n) is 25.2. The van der Waals surface area contributed by atoms with E-state index in [1.54, 1.807) is 0 Å². The van der Waals surface area contributed by atoms with Gasteiger partial charge in [0.05, 0.1) is 5.41 Å². The van der Waals surface area contributed by atoms with E-state index in [-0.39, 0.29) is 34.8 Å². The van der Waals surface area contributed by atoms with Crippen molar-refractivity contribution >= 4 is 22.7 Å². The Hall–Kier alpha value is -3.18. The summed E-state index contributed by atoms with van der Waals surface area (Å²) in [6.07, 6.45) is 12.9. The van der Waals surface area contributed by atoms with Gasteiger partial charge in [0.25, 0.3) is 0 Å². The van der Waals surface area contributed by atoms with Crippen molar-refractivity contribution in [3.63, 3.8) is 0 Å². The molecule has 0 bridgehead atoms. The fourth-order valence-corrected chi connectivity index (χ4v) is 7.20. The van der Waals surface area contributed by atoms with Crippen LogP contribution >= 0.6 is 0 Å². The van der Waals surface area contributed by atoms with Crippen molar-refractivity contribution in [1.29, 1.82) is 0 Å². The number of rotatable bonds is 4. The largest absolute Gasteiger partial charge is 1.00 e. The highest BCUT2D eigenvalue weighted by Crippen LogP contribution is 2.47. The molecule has 0 fully saturated rings. The quantitative estimate of drug-likeness (QED) is 0.243. The molecule has 0 spiro atoms. The predicted octanol–water partition coefficient (Wildman–Crippen LogP) is 6.13. The lowest BCUT2D eigenvalue weighted by Gasteiger charge is -2.25. The summed E-state index contributed by atoms with van der Waals surface area (Å²) in [6.45, 7) is 9.38. The maximum atomic E-state index is 2.41. The fraction of sp³-hybridized carbons (Fsp3) is 0.289. The number of likely N-dealkylation sites (N-methyl/N-ethyl adjacent to an activating group) is 1. The molecule has 41 heavy (non-hydrogen) atoms. The molecule has 3 aromatic carbocycles. The van der Waals surface area contributed by atoms with Gasteiger partial charge in [-0.05, 0) is 73.1 Å². The van der Waals surface area contributed by atoms with Gasteiger partial charge in [0, 0.05) is 41.6 Å². The van der Waals surface area contributed by atoms with Gasteiger partial charge in [-0.3, -0.25) is 0 Å². The molecule has 3 heteroatoms. The van der Waals surface area contributed by atoms with E-state index in [0.29, 0.717) is 0 Å². The van der Waals surface area contributed by atoms with Crippen LogP contribution in [0.15, 0.2) is 120 Å². The number of hydrogen-bond acceptors (Lipinski definition) is 1. The third-order valence-electron chi connectivity index (χ3n) is 9.36. The van der Waals surface area contributed by atoms with Gasteiger partial charge in [-0.2, -0.15) is 4.58 Å². The van der Waals surface area contributed by atoms with E-state index < -0.39 is 0 Å². The highest BCUT2D eigenvalue weighted by Gasteiger charge is 2.42. The summed E-state index contributed by atoms with van der Waals surface area (Å²) in [5.41, 5.74) is 13.6. The van der Waals surface area contributed by atoms with Crippen molar-refractivity contribution < 1.29 is 28.6 Å². The number of fused-ring (bicyclic) bond motifs is 2. The second-order valence-electron chi connectivity index (χ2n) is 12.5. The average Bonchev–Trinajstić information content (AvgIpc) is 3.28. The summed E-state index contributed by atoms with van der Waals surface area (Å²) in [6, 6.07) is 28.6. The normalized spacial score (nSPS) is 21.1. The monoisotopic (exact) mass is 652 g/mol. The van der Waals surface area contributed by atoms with Gasteiger partial charge in [-0.25, -0.2) is 0 Å². The Bertz CT molecular complexity index is 1630. The first-order chi connectivity index (χ1) is 19.2. The molecule has 2 nitrogen and oxygen atoms in total. The van der Waals surface area contributed by atoms with Crippen molar-refractivity contribution in [3.8, 4) is 0 Å². The van der Waals surface area contributed by atoms with E-state index in [2.05, 4.69) is 154 Å². The molecular formula is C38H41IN2. The van der Waals surface area contributed by atoms with E-state index in [0.717, 1.165) is 12.8 Å². The van der Waals surface area contributed by atoms with E-state index >= 15 is 0 Å². The molecule has 3 aliphatic rings. The molecule has 0 unspecified atom stereocenters. The van der Waals surface area contributed by atoms with Crippen LogP contribution in [0.2, 0.25) is 0 Å². The Kier molecular flexibility index (Phi) is 8.04. The minimum atomic E-state index is -0.0271. The average molecular weight is 653 g/mol. The summed E-state index contributed by atoms with van der Waals surface area (Å²) in [4.78, 5) is 2.37. The SMILES string of the molecule is CN1/C(=C/C=C2\CCCC(/C=C/C3=[N+](C)c4ccccc4C3(C)C)=C2c2ccccc2)C(C)(C)c2ccccc21.[I-]. The predicted molar refractivity (Wildman–Crippen MR) is 171 cm³/mol. The van der Waals surface area contributed by atoms with Crippen LogP contribution in [-0.4, -0.2) is 24.4 Å². The number of para-hydroxylation sites is 2. The van der Waals surface area contributed by atoms with Crippen LogP contribution < -0.4 is 28.9 Å². The first-order valence-electron chi connectivity index (χ1n) is 14.6. The summed E-state index contributed by atoms with van der Waals surface area (Å²) >= 11 is 0. The van der Waals surface area contributed by atoms with E-state index in [1.807, 2.05) is 0 Å². The highest BCUT2D eigenvalue weighted by molar-refractivity contribution is 6.03. The molecule has 0 atom stereocenters. The molecule has 0 amide bonds. The third-order valence-corrected chi connectivity index (χ3v) is 9.36. The maximum absolute atomic E-state index is 2.41. The first-order valence-corrected chi connectivity index (χ1v) is 14.6. The van der Waals surface area contributed by atoms with Crippen LogP contribution in [0.5, 0.6) is 0 Å². The van der Waals surface area contributed by atoms with Gasteiger partial charge < -0.3 is 28.9 Å². The second kappa shape index (κ2) is 11.2. The minimum absolute atomic E-state index is 0. The molecular weight excluding hydrogens is 611 g/mol. The number of anilines is 1. The van der Waals surface area contributed by atoms with Crippen LogP contribution in [0, 0.1) is 0 Å². The third kappa shape index (κ3) is 4.97. The molecule has 3 aromatic rings. The summed E-state index contributed by atoms with van der Waals surface area (Å²) in [5.74, 6) is 0. The highest BCUT2D eigenvalue weighted by atomic mass is 127. The Balaban J connectivity index is 0.00000337. The topological polar surface area (TPSA) is 6.25 Å². The molecule has 0 radical (unpaired) electrons. The summed E-state index contributed by atoms with van der Waals surface area (Å²) in [5, 5.41) is 0. The van der Waals surface area contributed by atoms with Gasteiger partial charge >= 0.3 is 0 Å². The van der Waals surface area contributed by atoms with E-state index in [4.69, 9.17) is 0 Å². The van der Waals surface area contributed by atoms with Gasteiger partial charge in [-0.1, -0.05) is 92.7 Å². The number of hydrogen-bond donors (Lipinski definition) is 0.